The summed E-state index contributed by atoms with van der Waals surface area (Å²) in [6.07, 6.45) is 0. The Balaban J connectivity index is 2.00. The average Bonchev–Trinajstić information content (AvgIpc) is 2.85. The van der Waals surface area contributed by atoms with Gasteiger partial charge in [-0.05, 0) is 11.6 Å². The summed E-state index contributed by atoms with van der Waals surface area (Å²) in [7, 11) is 0. The molecule has 1 heterocycles. The molecule has 3 rings (SSSR count). The van der Waals surface area contributed by atoms with Gasteiger partial charge in [0.2, 0.25) is 0 Å². The minimum atomic E-state index is -0.753. The minimum absolute atomic E-state index is 0.00764. The Kier molecular flexibility index (Phi) is 3.90. The van der Waals surface area contributed by atoms with Crippen molar-refractivity contribution in [1.29, 1.82) is 0 Å². The minimum Gasteiger partial charge on any atom is -0.330 e. The monoisotopic (exact) mass is 347 g/mol. The maximum atomic E-state index is 12.5. The lowest BCUT2D eigenvalue weighted by Gasteiger charge is -2.16. The second-order valence-electron chi connectivity index (χ2n) is 5.26. The van der Waals surface area contributed by atoms with E-state index >= 15 is 0 Å². The van der Waals surface area contributed by atoms with E-state index in [1.54, 1.807) is 24.3 Å². The summed E-state index contributed by atoms with van der Waals surface area (Å²) < 4.78 is 0. The Hall–Kier alpha value is -3.00. The molecule has 9 heteroatoms. The Morgan fingerprint density at radius 1 is 1.12 bits per heavy atom. The summed E-state index contributed by atoms with van der Waals surface area (Å²) in [4.78, 5) is 34.5. The SMILES string of the molecule is O=C1c2cc([N+](=O)[O-])cc([N+](=O)[O-])c2CN1Cc1ccccc1Cl. The van der Waals surface area contributed by atoms with Crippen molar-refractivity contribution in [1.82, 2.24) is 4.90 Å². The van der Waals surface area contributed by atoms with Crippen LogP contribution in [0, 0.1) is 20.2 Å². The van der Waals surface area contributed by atoms with Gasteiger partial charge in [-0.2, -0.15) is 0 Å². The molecule has 0 saturated carbocycles. The molecule has 1 aliphatic rings. The Morgan fingerprint density at radius 2 is 1.83 bits per heavy atom. The van der Waals surface area contributed by atoms with E-state index in [0.717, 1.165) is 12.1 Å². The normalized spacial score (nSPS) is 13.0. The van der Waals surface area contributed by atoms with E-state index in [9.17, 15) is 25.0 Å². The highest BCUT2D eigenvalue weighted by Gasteiger charge is 2.36. The van der Waals surface area contributed by atoms with Gasteiger partial charge in [0.25, 0.3) is 17.3 Å². The highest BCUT2D eigenvalue weighted by Crippen LogP contribution is 2.35. The van der Waals surface area contributed by atoms with Crippen LogP contribution in [0.15, 0.2) is 36.4 Å². The predicted molar refractivity (Wildman–Crippen MR) is 84.8 cm³/mol. The quantitative estimate of drug-likeness (QED) is 0.623. The fourth-order valence-electron chi connectivity index (χ4n) is 2.66. The van der Waals surface area contributed by atoms with E-state index in [1.807, 2.05) is 0 Å². The first kappa shape index (κ1) is 15.9. The van der Waals surface area contributed by atoms with Gasteiger partial charge in [0, 0.05) is 17.6 Å². The lowest BCUT2D eigenvalue weighted by atomic mass is 10.1. The van der Waals surface area contributed by atoms with E-state index in [0.29, 0.717) is 10.6 Å². The van der Waals surface area contributed by atoms with Crippen molar-refractivity contribution < 1.29 is 14.6 Å². The second-order valence-corrected chi connectivity index (χ2v) is 5.67. The smallest absolute Gasteiger partial charge is 0.282 e. The summed E-state index contributed by atoms with van der Waals surface area (Å²) in [6, 6.07) is 8.90. The second kappa shape index (κ2) is 5.89. The van der Waals surface area contributed by atoms with Gasteiger partial charge in [-0.25, -0.2) is 0 Å². The number of halogens is 1. The fraction of sp³-hybridized carbons (Fsp3) is 0.133. The molecule has 0 bridgehead atoms. The average molecular weight is 348 g/mol. The zero-order valence-electron chi connectivity index (χ0n) is 12.1. The number of carbonyl (C=O) groups is 1. The first-order valence-electron chi connectivity index (χ1n) is 6.87. The third kappa shape index (κ3) is 2.67. The van der Waals surface area contributed by atoms with Crippen LogP contribution in [0.4, 0.5) is 11.4 Å². The summed E-state index contributed by atoms with van der Waals surface area (Å²) in [6.45, 7) is 0.172. The molecule has 2 aromatic rings. The topological polar surface area (TPSA) is 107 Å². The standard InChI is InChI=1S/C15H10ClN3O5/c16-13-4-2-1-3-9(13)7-17-8-12-11(15(17)20)5-10(18(21)22)6-14(12)19(23)24/h1-6H,7-8H2. The molecular formula is C15H10ClN3O5. The number of hydrogen-bond acceptors (Lipinski definition) is 5. The van der Waals surface area contributed by atoms with Crippen molar-refractivity contribution >= 4 is 28.9 Å². The predicted octanol–water partition coefficient (Wildman–Crippen LogP) is 3.31. The Labute approximate surface area is 140 Å². The molecule has 0 fully saturated rings. The molecule has 24 heavy (non-hydrogen) atoms. The molecule has 0 unspecified atom stereocenters. The molecule has 0 saturated heterocycles. The van der Waals surface area contributed by atoms with Crippen molar-refractivity contribution in [2.45, 2.75) is 13.1 Å². The molecular weight excluding hydrogens is 338 g/mol. The Morgan fingerprint density at radius 3 is 2.46 bits per heavy atom. The number of non-ortho nitro benzene ring substituents is 1. The number of carbonyl (C=O) groups excluding carboxylic acids is 1. The van der Waals surface area contributed by atoms with Crippen molar-refractivity contribution in [3.8, 4) is 0 Å². The molecule has 8 nitrogen and oxygen atoms in total. The van der Waals surface area contributed by atoms with Crippen LogP contribution in [0.25, 0.3) is 0 Å². The summed E-state index contributed by atoms with van der Waals surface area (Å²) in [5.74, 6) is -0.489. The zero-order chi connectivity index (χ0) is 17.4. The fourth-order valence-corrected chi connectivity index (χ4v) is 2.86. The molecule has 1 amide bonds. The van der Waals surface area contributed by atoms with Crippen LogP contribution in [0.3, 0.4) is 0 Å². The number of fused-ring (bicyclic) bond motifs is 1. The van der Waals surface area contributed by atoms with Gasteiger partial charge in [0.15, 0.2) is 0 Å². The van der Waals surface area contributed by atoms with E-state index in [2.05, 4.69) is 0 Å². The number of rotatable bonds is 4. The number of hydrogen-bond donors (Lipinski definition) is 0. The van der Waals surface area contributed by atoms with Crippen LogP contribution >= 0.6 is 11.6 Å². The summed E-state index contributed by atoms with van der Waals surface area (Å²) >= 11 is 6.07. The van der Waals surface area contributed by atoms with Crippen molar-refractivity contribution in [3.63, 3.8) is 0 Å². The van der Waals surface area contributed by atoms with Crippen molar-refractivity contribution in [2.24, 2.45) is 0 Å². The van der Waals surface area contributed by atoms with Crippen LogP contribution in [-0.2, 0) is 13.1 Å². The molecule has 0 N–H and O–H groups in total. The van der Waals surface area contributed by atoms with Gasteiger partial charge >= 0.3 is 0 Å². The summed E-state index contributed by atoms with van der Waals surface area (Å²) in [5.41, 5.74) is -0.0364. The third-order valence-corrected chi connectivity index (χ3v) is 4.17. The number of nitro groups is 2. The van der Waals surface area contributed by atoms with Gasteiger partial charge in [-0.1, -0.05) is 29.8 Å². The number of nitrogens with zero attached hydrogens (tertiary/aromatic N) is 3. The van der Waals surface area contributed by atoms with Gasteiger partial charge in [0.05, 0.1) is 33.6 Å². The zero-order valence-corrected chi connectivity index (χ0v) is 12.9. The highest BCUT2D eigenvalue weighted by molar-refractivity contribution is 6.31. The molecule has 0 spiro atoms. The number of benzene rings is 2. The first-order chi connectivity index (χ1) is 11.4. The summed E-state index contributed by atoms with van der Waals surface area (Å²) in [5, 5.41) is 22.6. The van der Waals surface area contributed by atoms with E-state index in [4.69, 9.17) is 11.6 Å². The van der Waals surface area contributed by atoms with E-state index in [1.165, 1.54) is 4.90 Å². The van der Waals surface area contributed by atoms with Crippen LogP contribution in [0.2, 0.25) is 5.02 Å². The maximum Gasteiger partial charge on any atom is 0.282 e. The van der Waals surface area contributed by atoms with Gasteiger partial charge in [-0.15, -0.1) is 0 Å². The van der Waals surface area contributed by atoms with Gasteiger partial charge < -0.3 is 4.90 Å². The van der Waals surface area contributed by atoms with Crippen LogP contribution in [0.5, 0.6) is 0 Å². The van der Waals surface area contributed by atoms with Crippen LogP contribution < -0.4 is 0 Å². The van der Waals surface area contributed by atoms with Crippen molar-refractivity contribution in [2.75, 3.05) is 0 Å². The molecule has 0 radical (unpaired) electrons. The number of amides is 1. The number of nitro benzene ring substituents is 2. The third-order valence-electron chi connectivity index (χ3n) is 3.80. The molecule has 0 atom stereocenters. The highest BCUT2D eigenvalue weighted by atomic mass is 35.5. The molecule has 0 aromatic heterocycles. The lowest BCUT2D eigenvalue weighted by molar-refractivity contribution is -0.394. The molecule has 0 aliphatic carbocycles. The van der Waals surface area contributed by atoms with Gasteiger partial charge in [-0.3, -0.25) is 25.0 Å². The first-order valence-corrected chi connectivity index (χ1v) is 7.24. The van der Waals surface area contributed by atoms with Crippen LogP contribution in [0.1, 0.15) is 21.5 Å². The molecule has 2 aromatic carbocycles. The van der Waals surface area contributed by atoms with E-state index < -0.39 is 27.1 Å². The lowest BCUT2D eigenvalue weighted by Crippen LogP contribution is -2.23. The Bertz CT molecular complexity index is 883. The maximum absolute atomic E-state index is 12.5. The molecule has 122 valence electrons. The van der Waals surface area contributed by atoms with E-state index in [-0.39, 0.29) is 24.2 Å². The molecule has 1 aliphatic heterocycles. The largest absolute Gasteiger partial charge is 0.330 e. The van der Waals surface area contributed by atoms with Crippen LogP contribution in [-0.4, -0.2) is 20.7 Å². The van der Waals surface area contributed by atoms with Crippen molar-refractivity contribution in [3.05, 3.63) is 78.3 Å². The van der Waals surface area contributed by atoms with Gasteiger partial charge in [0.1, 0.15) is 0 Å².